The topological polar surface area (TPSA) is 53.1 Å². The van der Waals surface area contributed by atoms with Crippen LogP contribution in [0.4, 0.5) is 10.1 Å². The molecule has 4 nitrogen and oxygen atoms in total. The maximum Gasteiger partial charge on any atom is 0.166 e. The summed E-state index contributed by atoms with van der Waals surface area (Å²) in [5, 5.41) is 3.16. The van der Waals surface area contributed by atoms with Crippen molar-refractivity contribution in [2.24, 2.45) is 4.99 Å². The van der Waals surface area contributed by atoms with Crippen molar-refractivity contribution in [3.63, 3.8) is 0 Å². The van der Waals surface area contributed by atoms with E-state index in [0.29, 0.717) is 11.0 Å². The molecule has 0 amide bonds. The van der Waals surface area contributed by atoms with Crippen LogP contribution in [0.15, 0.2) is 35.1 Å². The monoisotopic (exact) mass is 306 g/mol. The third-order valence-corrected chi connectivity index (χ3v) is 2.92. The van der Waals surface area contributed by atoms with Crippen molar-refractivity contribution in [1.82, 2.24) is 9.97 Å². The second-order valence-electron chi connectivity index (χ2n) is 4.33. The molecule has 0 saturated heterocycles. The van der Waals surface area contributed by atoms with Gasteiger partial charge in [0.15, 0.2) is 5.82 Å². The molecule has 2 rings (SSSR count). The zero-order valence-electron chi connectivity index (χ0n) is 13.3. The SMILES string of the molecule is C.CC.CC/C(C)=C\C(=NC)Nc1cnc2c(F)c[nH]c2c1. The molecule has 0 spiro atoms. The number of anilines is 1. The van der Waals surface area contributed by atoms with E-state index in [1.165, 1.54) is 11.8 Å². The van der Waals surface area contributed by atoms with Crippen molar-refractivity contribution in [2.45, 2.75) is 41.5 Å². The maximum atomic E-state index is 13.3. The minimum absolute atomic E-state index is 0. The number of nitrogens with one attached hydrogen (secondary N) is 2. The molecule has 2 aromatic heterocycles. The number of fused-ring (bicyclic) bond motifs is 1. The van der Waals surface area contributed by atoms with Crippen LogP contribution in [0.3, 0.4) is 0 Å². The lowest BCUT2D eigenvalue weighted by molar-refractivity contribution is 0.637. The largest absolute Gasteiger partial charge is 0.357 e. The van der Waals surface area contributed by atoms with E-state index in [2.05, 4.69) is 34.1 Å². The number of hydrogen-bond donors (Lipinski definition) is 2. The Balaban J connectivity index is 0.00000141. The van der Waals surface area contributed by atoms with Gasteiger partial charge < -0.3 is 10.3 Å². The zero-order valence-corrected chi connectivity index (χ0v) is 13.3. The molecular formula is C17H27FN4. The molecule has 2 heterocycles. The van der Waals surface area contributed by atoms with E-state index in [4.69, 9.17) is 0 Å². The average molecular weight is 306 g/mol. The summed E-state index contributed by atoms with van der Waals surface area (Å²) in [5.74, 6) is 0.417. The second-order valence-corrected chi connectivity index (χ2v) is 4.33. The zero-order chi connectivity index (χ0) is 15.8. The predicted molar refractivity (Wildman–Crippen MR) is 95.2 cm³/mol. The normalized spacial score (nSPS) is 11.5. The molecule has 0 fully saturated rings. The Morgan fingerprint density at radius 3 is 2.73 bits per heavy atom. The van der Waals surface area contributed by atoms with Gasteiger partial charge in [-0.3, -0.25) is 4.99 Å². The lowest BCUT2D eigenvalue weighted by Gasteiger charge is -2.06. The van der Waals surface area contributed by atoms with Gasteiger partial charge >= 0.3 is 0 Å². The molecule has 22 heavy (non-hydrogen) atoms. The van der Waals surface area contributed by atoms with Crippen LogP contribution in [-0.4, -0.2) is 22.9 Å². The third-order valence-electron chi connectivity index (χ3n) is 2.92. The molecule has 0 aliphatic heterocycles. The van der Waals surface area contributed by atoms with Gasteiger partial charge in [0.25, 0.3) is 0 Å². The van der Waals surface area contributed by atoms with E-state index in [9.17, 15) is 4.39 Å². The van der Waals surface area contributed by atoms with Crippen LogP contribution in [0.25, 0.3) is 11.0 Å². The highest BCUT2D eigenvalue weighted by Gasteiger charge is 2.05. The summed E-state index contributed by atoms with van der Waals surface area (Å²) < 4.78 is 13.3. The average Bonchev–Trinajstić information content (AvgIpc) is 2.89. The number of aromatic amines is 1. The molecule has 0 aliphatic carbocycles. The molecule has 2 N–H and O–H groups in total. The summed E-state index contributed by atoms with van der Waals surface area (Å²) in [6.07, 6.45) is 5.86. The van der Waals surface area contributed by atoms with Crippen molar-refractivity contribution in [3.8, 4) is 0 Å². The first-order valence-corrected chi connectivity index (χ1v) is 7.17. The van der Waals surface area contributed by atoms with Gasteiger partial charge in [0.1, 0.15) is 11.4 Å². The van der Waals surface area contributed by atoms with E-state index in [1.807, 2.05) is 26.0 Å². The molecule has 0 saturated carbocycles. The number of pyridine rings is 1. The molecule has 0 bridgehead atoms. The number of halogens is 1. The molecule has 0 unspecified atom stereocenters. The third kappa shape index (κ3) is 4.98. The quantitative estimate of drug-likeness (QED) is 0.608. The Bertz CT molecular complexity index is 641. The summed E-state index contributed by atoms with van der Waals surface area (Å²) in [7, 11) is 1.72. The van der Waals surface area contributed by atoms with Crippen molar-refractivity contribution >= 4 is 22.6 Å². The maximum absolute atomic E-state index is 13.3. The number of allylic oxidation sites excluding steroid dienone is 1. The Hall–Kier alpha value is -2.17. The molecule has 0 atom stereocenters. The Kier molecular flexibility index (Phi) is 8.75. The van der Waals surface area contributed by atoms with Crippen LogP contribution >= 0.6 is 0 Å². The lowest BCUT2D eigenvalue weighted by Crippen LogP contribution is -2.09. The number of nitrogens with zero attached hydrogens (tertiary/aromatic N) is 2. The summed E-state index contributed by atoms with van der Waals surface area (Å²) in [6, 6.07) is 1.81. The fourth-order valence-electron chi connectivity index (χ4n) is 1.68. The highest BCUT2D eigenvalue weighted by Crippen LogP contribution is 2.18. The minimum Gasteiger partial charge on any atom is -0.357 e. The van der Waals surface area contributed by atoms with Gasteiger partial charge in [0.2, 0.25) is 0 Å². The summed E-state index contributed by atoms with van der Waals surface area (Å²) in [4.78, 5) is 11.1. The molecule has 0 aliphatic rings. The van der Waals surface area contributed by atoms with Gasteiger partial charge in [-0.05, 0) is 25.5 Å². The lowest BCUT2D eigenvalue weighted by atomic mass is 10.2. The van der Waals surface area contributed by atoms with Gasteiger partial charge in [-0.2, -0.15) is 0 Å². The van der Waals surface area contributed by atoms with Crippen LogP contribution in [0, 0.1) is 5.82 Å². The Labute approximate surface area is 132 Å². The smallest absolute Gasteiger partial charge is 0.166 e. The first-order chi connectivity index (χ1) is 10.1. The second kappa shape index (κ2) is 9.71. The van der Waals surface area contributed by atoms with Crippen molar-refractivity contribution in [3.05, 3.63) is 35.9 Å². The van der Waals surface area contributed by atoms with Crippen LogP contribution in [0.5, 0.6) is 0 Å². The summed E-state index contributed by atoms with van der Waals surface area (Å²) in [6.45, 7) is 8.14. The number of amidine groups is 1. The Morgan fingerprint density at radius 1 is 1.45 bits per heavy atom. The van der Waals surface area contributed by atoms with Crippen molar-refractivity contribution < 1.29 is 4.39 Å². The molecule has 5 heteroatoms. The van der Waals surface area contributed by atoms with Crippen molar-refractivity contribution in [1.29, 1.82) is 0 Å². The number of H-pyrrole nitrogens is 1. The number of aromatic nitrogens is 2. The highest BCUT2D eigenvalue weighted by molar-refractivity contribution is 6.04. The van der Waals surface area contributed by atoms with Crippen LogP contribution in [0.1, 0.15) is 41.5 Å². The van der Waals surface area contributed by atoms with Crippen molar-refractivity contribution in [2.75, 3.05) is 12.4 Å². The van der Waals surface area contributed by atoms with Crippen LogP contribution in [-0.2, 0) is 0 Å². The predicted octanol–water partition coefficient (Wildman–Crippen LogP) is 5.16. The first-order valence-electron chi connectivity index (χ1n) is 7.17. The van der Waals surface area contributed by atoms with Gasteiger partial charge in [-0.1, -0.05) is 33.8 Å². The standard InChI is InChI=1S/C14H17FN4.C2H6.CH4/c1-4-9(2)5-13(16-3)19-10-6-12-14(18-7-10)11(15)8-17-12;1-2;/h5-8,17H,4H2,1-3H3,(H,16,19);1-2H3;1H4/b9-5-;;. The van der Waals surface area contributed by atoms with E-state index in [-0.39, 0.29) is 13.2 Å². The molecular weight excluding hydrogens is 279 g/mol. The fourth-order valence-corrected chi connectivity index (χ4v) is 1.68. The van der Waals surface area contributed by atoms with Gasteiger partial charge in [0.05, 0.1) is 17.4 Å². The van der Waals surface area contributed by atoms with E-state index < -0.39 is 0 Å². The van der Waals surface area contributed by atoms with Gasteiger partial charge in [0, 0.05) is 13.2 Å². The Morgan fingerprint density at radius 2 is 2.14 bits per heavy atom. The molecule has 0 radical (unpaired) electrons. The highest BCUT2D eigenvalue weighted by atomic mass is 19.1. The summed E-state index contributed by atoms with van der Waals surface area (Å²) in [5.41, 5.74) is 3.01. The van der Waals surface area contributed by atoms with E-state index in [1.54, 1.807) is 13.2 Å². The van der Waals surface area contributed by atoms with E-state index in [0.717, 1.165) is 17.9 Å². The molecule has 2 aromatic rings. The molecule has 122 valence electrons. The number of hydrogen-bond acceptors (Lipinski definition) is 2. The number of rotatable bonds is 3. The van der Waals surface area contributed by atoms with Gasteiger partial charge in [-0.15, -0.1) is 0 Å². The molecule has 0 aromatic carbocycles. The van der Waals surface area contributed by atoms with Crippen LogP contribution < -0.4 is 5.32 Å². The number of aliphatic imine (C=N–C) groups is 1. The van der Waals surface area contributed by atoms with E-state index >= 15 is 0 Å². The minimum atomic E-state index is -0.340. The van der Waals surface area contributed by atoms with Gasteiger partial charge in [-0.25, -0.2) is 9.37 Å². The first kappa shape index (κ1) is 19.8. The summed E-state index contributed by atoms with van der Waals surface area (Å²) >= 11 is 0. The fraction of sp³-hybridized carbons (Fsp3) is 0.412. The van der Waals surface area contributed by atoms with Crippen LogP contribution in [0.2, 0.25) is 0 Å².